The fourth-order valence-electron chi connectivity index (χ4n) is 3.39. The maximum atomic E-state index is 4.99. The van der Waals surface area contributed by atoms with Crippen LogP contribution < -0.4 is 0 Å². The summed E-state index contributed by atoms with van der Waals surface area (Å²) in [7, 11) is 9.97. The zero-order chi connectivity index (χ0) is 17.2. The van der Waals surface area contributed by atoms with Gasteiger partial charge in [0, 0.05) is 0 Å². The van der Waals surface area contributed by atoms with Gasteiger partial charge in [0.25, 0.3) is 0 Å². The Morgan fingerprint density at radius 1 is 0.400 bits per heavy atom. The standard InChI is InChI=1S/C22H14.2ClH.Hg/c1-2-6-16-10-20-14-22-12-18-8-4-3-7-17(18)11-21(22)13-19(20)9-15(16)5-1;;;/h1-14H;2*1H;/q;;;+2/p-2. The molecule has 0 saturated heterocycles. The number of hydrogen-bond acceptors (Lipinski definition) is 0. The van der Waals surface area contributed by atoms with Gasteiger partial charge in [0.05, 0.1) is 0 Å². The molecule has 0 saturated carbocycles. The van der Waals surface area contributed by atoms with E-state index >= 15 is 0 Å². The first-order valence-electron chi connectivity index (χ1n) is 8.15. The van der Waals surface area contributed by atoms with Gasteiger partial charge in [-0.25, -0.2) is 0 Å². The summed E-state index contributed by atoms with van der Waals surface area (Å²) in [5.74, 6) is 0. The number of hydrogen-bond donors (Lipinski definition) is 0. The second kappa shape index (κ2) is 7.49. The smallest absolute Gasteiger partial charge is 0.0171 e. The molecule has 118 valence electrons. The minimum Gasteiger partial charge on any atom is -0.0616 e. The van der Waals surface area contributed by atoms with Crippen molar-refractivity contribution in [2.45, 2.75) is 0 Å². The number of rotatable bonds is 0. The normalized spacial score (nSPS) is 10.6. The van der Waals surface area contributed by atoms with Crippen LogP contribution in [0.1, 0.15) is 0 Å². The molecule has 0 spiro atoms. The van der Waals surface area contributed by atoms with Crippen molar-refractivity contribution in [1.29, 1.82) is 0 Å². The Morgan fingerprint density at radius 2 is 0.600 bits per heavy atom. The zero-order valence-electron chi connectivity index (χ0n) is 13.5. The van der Waals surface area contributed by atoms with E-state index in [0.29, 0.717) is 0 Å². The Balaban J connectivity index is 0.000000490. The van der Waals surface area contributed by atoms with Crippen LogP contribution in [0.25, 0.3) is 43.1 Å². The molecule has 0 aliphatic heterocycles. The quantitative estimate of drug-likeness (QED) is 0.137. The van der Waals surface area contributed by atoms with Crippen molar-refractivity contribution in [3.63, 3.8) is 0 Å². The Morgan fingerprint density at radius 3 is 0.840 bits per heavy atom. The zero-order valence-corrected chi connectivity index (χ0v) is 20.6. The summed E-state index contributed by atoms with van der Waals surface area (Å²) >= 11 is -1.14. The summed E-state index contributed by atoms with van der Waals surface area (Å²) in [5, 5.41) is 10.4. The maximum absolute atomic E-state index is 4.99. The van der Waals surface area contributed by atoms with Gasteiger partial charge in [-0.05, 0) is 79.5 Å². The van der Waals surface area contributed by atoms with Gasteiger partial charge in [-0.3, -0.25) is 0 Å². The molecular weight excluding hydrogens is 536 g/mol. The predicted molar refractivity (Wildman–Crippen MR) is 108 cm³/mol. The van der Waals surface area contributed by atoms with Gasteiger partial charge in [-0.1, -0.05) is 48.5 Å². The van der Waals surface area contributed by atoms with Crippen LogP contribution in [0.2, 0.25) is 0 Å². The van der Waals surface area contributed by atoms with Crippen molar-refractivity contribution in [3.8, 4) is 0 Å². The topological polar surface area (TPSA) is 0 Å². The molecule has 0 aliphatic carbocycles. The molecule has 5 aromatic carbocycles. The minimum atomic E-state index is -1.14. The first-order valence-corrected chi connectivity index (χ1v) is 21.7. The molecule has 0 amide bonds. The van der Waals surface area contributed by atoms with Crippen LogP contribution in [0, 0.1) is 0 Å². The Kier molecular flexibility index (Phi) is 5.12. The minimum absolute atomic E-state index is 1.14. The summed E-state index contributed by atoms with van der Waals surface area (Å²) in [6.07, 6.45) is 0. The van der Waals surface area contributed by atoms with Gasteiger partial charge < -0.3 is 0 Å². The average Bonchev–Trinajstić information content (AvgIpc) is 2.63. The van der Waals surface area contributed by atoms with Crippen LogP contribution >= 0.6 is 16.5 Å². The van der Waals surface area contributed by atoms with Crippen molar-refractivity contribution in [2.75, 3.05) is 0 Å². The fourth-order valence-corrected chi connectivity index (χ4v) is 3.39. The summed E-state index contributed by atoms with van der Waals surface area (Å²) in [6.45, 7) is 0. The first kappa shape index (κ1) is 17.1. The summed E-state index contributed by atoms with van der Waals surface area (Å²) in [4.78, 5) is 0. The molecule has 0 fully saturated rings. The van der Waals surface area contributed by atoms with Gasteiger partial charge in [0.1, 0.15) is 0 Å². The van der Waals surface area contributed by atoms with Gasteiger partial charge in [0.15, 0.2) is 0 Å². The molecule has 5 aromatic rings. The van der Waals surface area contributed by atoms with E-state index in [4.69, 9.17) is 16.5 Å². The molecule has 0 aromatic heterocycles. The molecule has 0 N–H and O–H groups in total. The molecular formula is C22H14Cl2Hg. The molecule has 0 nitrogen and oxygen atoms in total. The largest absolute Gasteiger partial charge is 0.0616 e. The predicted octanol–water partition coefficient (Wildman–Crippen LogP) is 7.68. The third-order valence-electron chi connectivity index (χ3n) is 4.52. The van der Waals surface area contributed by atoms with Gasteiger partial charge in [-0.15, -0.1) is 0 Å². The molecule has 0 heterocycles. The van der Waals surface area contributed by atoms with E-state index in [1.54, 1.807) is 0 Å². The van der Waals surface area contributed by atoms with E-state index in [1.807, 2.05) is 0 Å². The van der Waals surface area contributed by atoms with E-state index in [0.717, 1.165) is 0 Å². The van der Waals surface area contributed by atoms with Crippen LogP contribution in [0.3, 0.4) is 0 Å². The van der Waals surface area contributed by atoms with Crippen LogP contribution in [0.4, 0.5) is 0 Å². The number of benzene rings is 5. The van der Waals surface area contributed by atoms with Crippen LogP contribution in [-0.4, -0.2) is 0 Å². The SMILES string of the molecule is [Cl][Hg][Cl].c1ccc2cc3cc4cc5ccccc5cc4cc3cc2c1. The third-order valence-corrected chi connectivity index (χ3v) is 4.52. The molecule has 5 rings (SSSR count). The van der Waals surface area contributed by atoms with E-state index in [1.165, 1.54) is 43.1 Å². The molecule has 0 unspecified atom stereocenters. The first-order chi connectivity index (χ1) is 12.3. The van der Waals surface area contributed by atoms with E-state index < -0.39 is 22.1 Å². The van der Waals surface area contributed by atoms with Gasteiger partial charge >= 0.3 is 38.6 Å². The van der Waals surface area contributed by atoms with E-state index in [2.05, 4.69) is 84.9 Å². The Hall–Kier alpha value is -1.34. The van der Waals surface area contributed by atoms with Crippen LogP contribution in [0.5, 0.6) is 0 Å². The second-order valence-electron chi connectivity index (χ2n) is 6.05. The van der Waals surface area contributed by atoms with Crippen molar-refractivity contribution in [2.24, 2.45) is 0 Å². The van der Waals surface area contributed by atoms with Crippen molar-refractivity contribution in [3.05, 3.63) is 84.9 Å². The monoisotopic (exact) mass is 550 g/mol. The van der Waals surface area contributed by atoms with Crippen molar-refractivity contribution >= 4 is 59.6 Å². The van der Waals surface area contributed by atoms with Crippen LogP contribution in [0.15, 0.2) is 84.9 Å². The van der Waals surface area contributed by atoms with Crippen LogP contribution in [-0.2, 0) is 22.1 Å². The van der Waals surface area contributed by atoms with E-state index in [-0.39, 0.29) is 0 Å². The van der Waals surface area contributed by atoms with Crippen molar-refractivity contribution in [1.82, 2.24) is 0 Å². The molecule has 0 radical (unpaired) electrons. The van der Waals surface area contributed by atoms with Crippen molar-refractivity contribution < 1.29 is 22.1 Å². The van der Waals surface area contributed by atoms with Gasteiger partial charge in [-0.2, -0.15) is 0 Å². The summed E-state index contributed by atoms with van der Waals surface area (Å²) in [6, 6.07) is 30.9. The number of fused-ring (bicyclic) bond motifs is 4. The molecule has 0 aliphatic rings. The maximum Gasteiger partial charge on any atom is -0.0171 e. The molecule has 3 heteroatoms. The average molecular weight is 550 g/mol. The Bertz CT molecular complexity index is 1010. The van der Waals surface area contributed by atoms with E-state index in [9.17, 15) is 0 Å². The third kappa shape index (κ3) is 3.49. The summed E-state index contributed by atoms with van der Waals surface area (Å²) < 4.78 is 0. The number of halogens is 2. The summed E-state index contributed by atoms with van der Waals surface area (Å²) in [5.41, 5.74) is 0. The van der Waals surface area contributed by atoms with Gasteiger partial charge in [0.2, 0.25) is 0 Å². The molecule has 0 bridgehead atoms. The fraction of sp³-hybridized carbons (Fsp3) is 0. The molecule has 0 atom stereocenters. The molecule has 25 heavy (non-hydrogen) atoms. The second-order valence-corrected chi connectivity index (χ2v) is 13.9. The Labute approximate surface area is 165 Å².